The topological polar surface area (TPSA) is 99.9 Å². The second-order valence-electron chi connectivity index (χ2n) is 5.71. The largest absolute Gasteiger partial charge is 0.493 e. The van der Waals surface area contributed by atoms with Crippen molar-refractivity contribution in [3.8, 4) is 17.2 Å². The Bertz CT molecular complexity index is 930. The van der Waals surface area contributed by atoms with Crippen LogP contribution in [0, 0.1) is 0 Å². The van der Waals surface area contributed by atoms with Gasteiger partial charge in [0.05, 0.1) is 19.9 Å². The number of nitrogens with one attached hydrogen (secondary N) is 1. The van der Waals surface area contributed by atoms with E-state index in [0.717, 1.165) is 5.56 Å². The van der Waals surface area contributed by atoms with E-state index in [-0.39, 0.29) is 18.3 Å². The predicted octanol–water partition coefficient (Wildman–Crippen LogP) is 2.71. The van der Waals surface area contributed by atoms with Crippen molar-refractivity contribution in [3.05, 3.63) is 46.5 Å². The van der Waals surface area contributed by atoms with Crippen LogP contribution >= 0.6 is 11.6 Å². The van der Waals surface area contributed by atoms with Crippen molar-refractivity contribution in [2.45, 2.75) is 0 Å². The fourth-order valence-electron chi connectivity index (χ4n) is 2.75. The zero-order valence-electron chi connectivity index (χ0n) is 14.7. The van der Waals surface area contributed by atoms with Gasteiger partial charge in [-0.2, -0.15) is 0 Å². The molecular formula is C19H17ClN2O5. The molecule has 0 spiro atoms. The molecule has 0 saturated heterocycles. The molecule has 140 valence electrons. The summed E-state index contributed by atoms with van der Waals surface area (Å²) >= 11 is 5.98. The van der Waals surface area contributed by atoms with E-state index in [1.165, 1.54) is 14.2 Å². The molecule has 0 aliphatic carbocycles. The molecular weight excluding hydrogens is 372 g/mol. The highest BCUT2D eigenvalue weighted by Gasteiger charge is 2.24. The lowest BCUT2D eigenvalue weighted by Gasteiger charge is -2.14. The number of anilines is 1. The van der Waals surface area contributed by atoms with Crippen molar-refractivity contribution in [1.82, 2.24) is 0 Å². The van der Waals surface area contributed by atoms with Crippen molar-refractivity contribution in [1.29, 1.82) is 0 Å². The number of methoxy groups -OCH3 is 2. The Morgan fingerprint density at radius 3 is 2.44 bits per heavy atom. The molecule has 1 aliphatic rings. The molecule has 3 rings (SSSR count). The number of halogens is 1. The molecule has 0 aromatic heterocycles. The minimum absolute atomic E-state index is 0.237. The highest BCUT2D eigenvalue weighted by atomic mass is 35.5. The number of carbonyl (C=O) groups is 2. The number of hydrogen-bond donors (Lipinski definition) is 2. The third-order valence-electron chi connectivity index (χ3n) is 3.92. The summed E-state index contributed by atoms with van der Waals surface area (Å²) in [5.41, 5.74) is 7.66. The summed E-state index contributed by atoms with van der Waals surface area (Å²) in [6, 6.07) is 8.54. The van der Waals surface area contributed by atoms with Crippen molar-refractivity contribution >= 4 is 40.8 Å². The summed E-state index contributed by atoms with van der Waals surface area (Å²) in [5, 5.41) is 3.32. The van der Waals surface area contributed by atoms with Gasteiger partial charge in [-0.1, -0.05) is 17.7 Å². The maximum Gasteiger partial charge on any atom is 0.256 e. The van der Waals surface area contributed by atoms with Crippen LogP contribution in [0.3, 0.4) is 0 Å². The van der Waals surface area contributed by atoms with E-state index in [1.807, 2.05) is 0 Å². The highest BCUT2D eigenvalue weighted by Crippen LogP contribution is 2.41. The maximum atomic E-state index is 12.3. The number of rotatable bonds is 6. The van der Waals surface area contributed by atoms with Crippen LogP contribution < -0.4 is 25.3 Å². The third kappa shape index (κ3) is 3.83. The minimum atomic E-state index is -0.622. The van der Waals surface area contributed by atoms with Crippen LogP contribution in [0.2, 0.25) is 5.02 Å². The van der Waals surface area contributed by atoms with E-state index in [0.29, 0.717) is 33.3 Å². The summed E-state index contributed by atoms with van der Waals surface area (Å²) < 4.78 is 16.1. The van der Waals surface area contributed by atoms with Crippen LogP contribution in [0.1, 0.15) is 11.1 Å². The molecule has 1 heterocycles. The van der Waals surface area contributed by atoms with E-state index in [4.69, 9.17) is 31.5 Å². The first-order valence-corrected chi connectivity index (χ1v) is 8.31. The standard InChI is InChI=1S/C19H17ClN2O5/c1-25-15-6-10(7-16(26-2)18(15)27-9-17(21)23)5-13-12-4-3-11(20)8-14(12)22-19(13)24/h3-8H,9H2,1-2H3,(H2,21,23)(H,22,24)/b13-5+. The van der Waals surface area contributed by atoms with Gasteiger partial charge in [0.15, 0.2) is 18.1 Å². The maximum absolute atomic E-state index is 12.3. The molecule has 0 fully saturated rings. The van der Waals surface area contributed by atoms with Gasteiger partial charge in [-0.15, -0.1) is 0 Å². The van der Waals surface area contributed by atoms with Crippen LogP contribution in [0.4, 0.5) is 5.69 Å². The van der Waals surface area contributed by atoms with Gasteiger partial charge in [0, 0.05) is 16.2 Å². The third-order valence-corrected chi connectivity index (χ3v) is 4.15. The van der Waals surface area contributed by atoms with Gasteiger partial charge in [0.25, 0.3) is 11.8 Å². The second kappa shape index (κ2) is 7.59. The molecule has 0 unspecified atom stereocenters. The second-order valence-corrected chi connectivity index (χ2v) is 6.15. The van der Waals surface area contributed by atoms with Gasteiger partial charge in [-0.05, 0) is 35.9 Å². The van der Waals surface area contributed by atoms with Crippen molar-refractivity contribution in [3.63, 3.8) is 0 Å². The summed E-state index contributed by atoms with van der Waals surface area (Å²) in [6.45, 7) is -0.316. The molecule has 0 saturated carbocycles. The van der Waals surface area contributed by atoms with Gasteiger partial charge in [0.1, 0.15) is 0 Å². The van der Waals surface area contributed by atoms with Gasteiger partial charge >= 0.3 is 0 Å². The summed E-state index contributed by atoms with van der Waals surface area (Å²) in [7, 11) is 2.92. The van der Waals surface area contributed by atoms with Crippen molar-refractivity contribution in [2.75, 3.05) is 26.1 Å². The van der Waals surface area contributed by atoms with E-state index in [1.54, 1.807) is 36.4 Å². The molecule has 2 amide bonds. The van der Waals surface area contributed by atoms with Gasteiger partial charge in [-0.25, -0.2) is 0 Å². The minimum Gasteiger partial charge on any atom is -0.493 e. The number of benzene rings is 2. The van der Waals surface area contributed by atoms with Crippen LogP contribution in [0.15, 0.2) is 30.3 Å². The molecule has 8 heteroatoms. The average Bonchev–Trinajstić information content (AvgIpc) is 2.93. The predicted molar refractivity (Wildman–Crippen MR) is 102 cm³/mol. The Balaban J connectivity index is 2.04. The first-order chi connectivity index (χ1) is 12.9. The van der Waals surface area contributed by atoms with Gasteiger partial charge < -0.3 is 25.3 Å². The van der Waals surface area contributed by atoms with Gasteiger partial charge in [-0.3, -0.25) is 9.59 Å². The number of amides is 2. The summed E-state index contributed by atoms with van der Waals surface area (Å²) in [4.78, 5) is 23.3. The summed E-state index contributed by atoms with van der Waals surface area (Å²) in [5.74, 6) is 0.0841. The van der Waals surface area contributed by atoms with Crippen LogP contribution in [-0.2, 0) is 9.59 Å². The SMILES string of the molecule is COc1cc(/C=C2/C(=O)Nc3cc(Cl)ccc32)cc(OC)c1OCC(N)=O. The first kappa shape index (κ1) is 18.6. The smallest absolute Gasteiger partial charge is 0.256 e. The molecule has 0 atom stereocenters. The molecule has 27 heavy (non-hydrogen) atoms. The highest BCUT2D eigenvalue weighted by molar-refractivity contribution is 6.36. The average molecular weight is 389 g/mol. The lowest BCUT2D eigenvalue weighted by atomic mass is 10.0. The zero-order valence-corrected chi connectivity index (χ0v) is 15.4. The quantitative estimate of drug-likeness (QED) is 0.741. The molecule has 0 bridgehead atoms. The molecule has 2 aromatic rings. The van der Waals surface area contributed by atoms with E-state index >= 15 is 0 Å². The van der Waals surface area contributed by atoms with Gasteiger partial charge in [0.2, 0.25) is 5.75 Å². The molecule has 7 nitrogen and oxygen atoms in total. The van der Waals surface area contributed by atoms with Crippen LogP contribution in [0.25, 0.3) is 11.6 Å². The number of carbonyl (C=O) groups excluding carboxylic acids is 2. The molecule has 1 aliphatic heterocycles. The molecule has 2 aromatic carbocycles. The van der Waals surface area contributed by atoms with E-state index in [9.17, 15) is 9.59 Å². The summed E-state index contributed by atoms with van der Waals surface area (Å²) in [6.07, 6.45) is 1.71. The molecule has 0 radical (unpaired) electrons. The number of nitrogens with two attached hydrogens (primary N) is 1. The van der Waals surface area contributed by atoms with E-state index in [2.05, 4.69) is 5.32 Å². The lowest BCUT2D eigenvalue weighted by molar-refractivity contribution is -0.120. The van der Waals surface area contributed by atoms with Crippen LogP contribution in [0.5, 0.6) is 17.2 Å². The molecule has 3 N–H and O–H groups in total. The Hall–Kier alpha value is -3.19. The zero-order chi connectivity index (χ0) is 19.6. The number of fused-ring (bicyclic) bond motifs is 1. The fourth-order valence-corrected chi connectivity index (χ4v) is 2.92. The van der Waals surface area contributed by atoms with Crippen LogP contribution in [-0.4, -0.2) is 32.6 Å². The lowest BCUT2D eigenvalue weighted by Crippen LogP contribution is -2.20. The number of ether oxygens (including phenoxy) is 3. The van der Waals surface area contributed by atoms with E-state index < -0.39 is 5.91 Å². The first-order valence-electron chi connectivity index (χ1n) is 7.93. The Morgan fingerprint density at radius 2 is 1.85 bits per heavy atom. The van der Waals surface area contributed by atoms with Crippen molar-refractivity contribution in [2.24, 2.45) is 5.73 Å². The number of hydrogen-bond acceptors (Lipinski definition) is 5. The Morgan fingerprint density at radius 1 is 1.19 bits per heavy atom. The fraction of sp³-hybridized carbons (Fsp3) is 0.158. The number of primary amides is 1. The normalized spacial score (nSPS) is 13.9. The Kier molecular flexibility index (Phi) is 5.23. The monoisotopic (exact) mass is 388 g/mol. The van der Waals surface area contributed by atoms with Crippen molar-refractivity contribution < 1.29 is 23.8 Å². The Labute approximate surface area is 160 Å².